The van der Waals surface area contributed by atoms with Crippen molar-refractivity contribution in [2.24, 2.45) is 10.8 Å². The van der Waals surface area contributed by atoms with Gasteiger partial charge in [-0.15, -0.1) is 29.1 Å². The van der Waals surface area contributed by atoms with Gasteiger partial charge >= 0.3 is 0 Å². The summed E-state index contributed by atoms with van der Waals surface area (Å²) < 4.78 is 0. The molecule has 4 nitrogen and oxygen atoms in total. The third-order valence-corrected chi connectivity index (χ3v) is 11.7. The van der Waals surface area contributed by atoms with Crippen LogP contribution in [0.25, 0.3) is 43.9 Å². The summed E-state index contributed by atoms with van der Waals surface area (Å²) in [6.45, 7) is 23.1. The van der Waals surface area contributed by atoms with E-state index >= 15 is 0 Å². The van der Waals surface area contributed by atoms with Crippen molar-refractivity contribution in [1.29, 1.82) is 0 Å². The first kappa shape index (κ1) is 39.1. The zero-order valence-corrected chi connectivity index (χ0v) is 34.2. The third kappa shape index (κ3) is 6.84. The van der Waals surface area contributed by atoms with Crippen molar-refractivity contribution in [3.05, 3.63) is 107 Å². The van der Waals surface area contributed by atoms with Crippen molar-refractivity contribution in [2.45, 2.75) is 107 Å². The fraction of sp³-hybridized carbons (Fsp3) is 0.400. The van der Waals surface area contributed by atoms with Gasteiger partial charge in [0.2, 0.25) is 0 Å². The predicted octanol–water partition coefficient (Wildman–Crippen LogP) is 12.1. The van der Waals surface area contributed by atoms with Crippen LogP contribution < -0.4 is 0 Å². The average molecular weight is 846 g/mol. The Morgan fingerprint density at radius 3 is 2.10 bits per heavy atom. The van der Waals surface area contributed by atoms with Crippen molar-refractivity contribution in [2.75, 3.05) is 0 Å². The molecule has 4 aromatic carbocycles. The van der Waals surface area contributed by atoms with E-state index in [2.05, 4.69) is 95.3 Å². The first-order valence-electron chi connectivity index (χ1n) is 17.9. The van der Waals surface area contributed by atoms with Gasteiger partial charge in [0.25, 0.3) is 0 Å². The summed E-state index contributed by atoms with van der Waals surface area (Å²) in [6.07, 6.45) is 6.48. The topological polar surface area (TPSA) is 63.1 Å². The van der Waals surface area contributed by atoms with Gasteiger partial charge in [-0.1, -0.05) is 127 Å². The molecule has 1 radical (unpaired) electrons. The number of rotatable bonds is 8. The summed E-state index contributed by atoms with van der Waals surface area (Å²) in [5.41, 5.74) is 9.89. The van der Waals surface area contributed by atoms with Crippen molar-refractivity contribution >= 4 is 27.3 Å². The second-order valence-corrected chi connectivity index (χ2v) is 15.1. The first-order valence-corrected chi connectivity index (χ1v) is 17.9. The van der Waals surface area contributed by atoms with E-state index in [0.717, 1.165) is 53.6 Å². The molecular formula is C45H53IrN2O2-. The molecule has 1 aromatic heterocycles. The molecule has 0 unspecified atom stereocenters. The molecular weight excluding hydrogens is 793 g/mol. The number of allylic oxidation sites excluding steroid dienone is 2. The van der Waals surface area contributed by atoms with Crippen LogP contribution in [0.1, 0.15) is 109 Å². The summed E-state index contributed by atoms with van der Waals surface area (Å²) in [4.78, 5) is 21.8. The molecule has 1 N–H and O–H groups in total. The zero-order valence-electron chi connectivity index (χ0n) is 31.8. The van der Waals surface area contributed by atoms with Crippen LogP contribution in [-0.2, 0) is 30.3 Å². The van der Waals surface area contributed by atoms with E-state index in [-0.39, 0.29) is 47.9 Å². The number of ketones is 1. The number of aryl methyl sites for hydroxylation is 3. The number of fused-ring (bicyclic) bond motifs is 6. The van der Waals surface area contributed by atoms with Crippen molar-refractivity contribution in [1.82, 2.24) is 9.97 Å². The Bertz CT molecular complexity index is 2080. The zero-order chi connectivity index (χ0) is 35.9. The number of aliphatic hydroxyl groups excluding tert-OH is 1. The quantitative estimate of drug-likeness (QED) is 0.0960. The van der Waals surface area contributed by atoms with E-state index in [1.54, 1.807) is 6.33 Å². The van der Waals surface area contributed by atoms with E-state index < -0.39 is 0 Å². The fourth-order valence-corrected chi connectivity index (χ4v) is 7.36. The van der Waals surface area contributed by atoms with Crippen LogP contribution in [0.2, 0.25) is 0 Å². The van der Waals surface area contributed by atoms with Crippen LogP contribution >= 0.6 is 0 Å². The van der Waals surface area contributed by atoms with Gasteiger partial charge < -0.3 is 5.11 Å². The number of benzene rings is 4. The standard InChI is InChI=1S/C30H25N2.C15H28O2.Ir/c1-17-12-18(2)25-19(3)14-22(15-21(25)13-17)28-27-26-23-9-7-6-8-20(23)10-11-24(26)30(4,5)29(27)32-16-31-28;1-7-14(5,8-2)12(16)11-13(17)15(6,9-3)10-4;/h6-14,16H,1-5H3;11,16H,7-10H2,1-6H3;/q-1;;/b;12-11-;. The Hall–Kier alpha value is -3.66. The molecule has 0 bridgehead atoms. The Kier molecular flexibility index (Phi) is 11.7. The van der Waals surface area contributed by atoms with Gasteiger partial charge in [-0.25, -0.2) is 4.98 Å². The number of aliphatic hydroxyl groups is 1. The van der Waals surface area contributed by atoms with Crippen LogP contribution in [0.5, 0.6) is 0 Å². The number of hydrogen-bond acceptors (Lipinski definition) is 4. The molecule has 50 heavy (non-hydrogen) atoms. The summed E-state index contributed by atoms with van der Waals surface area (Å²) >= 11 is 0. The molecule has 0 saturated carbocycles. The van der Waals surface area contributed by atoms with Crippen LogP contribution in [0.3, 0.4) is 0 Å². The smallest absolute Gasteiger partial charge is 0.164 e. The molecule has 5 aromatic rings. The van der Waals surface area contributed by atoms with Gasteiger partial charge in [0, 0.05) is 48.1 Å². The normalized spacial score (nSPS) is 13.7. The van der Waals surface area contributed by atoms with E-state index in [0.29, 0.717) is 0 Å². The number of aromatic nitrogens is 2. The minimum absolute atomic E-state index is 0. The predicted molar refractivity (Wildman–Crippen MR) is 206 cm³/mol. The van der Waals surface area contributed by atoms with E-state index in [1.807, 2.05) is 41.5 Å². The van der Waals surface area contributed by atoms with Crippen LogP contribution in [0.4, 0.5) is 0 Å². The largest absolute Gasteiger partial charge is 0.512 e. The molecule has 6 rings (SSSR count). The van der Waals surface area contributed by atoms with Crippen LogP contribution in [0, 0.1) is 37.7 Å². The second-order valence-electron chi connectivity index (χ2n) is 15.1. The van der Waals surface area contributed by atoms with Gasteiger partial charge in [0.15, 0.2) is 5.78 Å². The first-order chi connectivity index (χ1) is 23.1. The average Bonchev–Trinajstić information content (AvgIpc) is 3.33. The van der Waals surface area contributed by atoms with Gasteiger partial charge in [0.1, 0.15) is 12.1 Å². The van der Waals surface area contributed by atoms with Crippen LogP contribution in [0.15, 0.2) is 72.8 Å². The van der Waals surface area contributed by atoms with Crippen molar-refractivity contribution in [3.63, 3.8) is 0 Å². The van der Waals surface area contributed by atoms with Crippen molar-refractivity contribution in [3.8, 4) is 22.4 Å². The second kappa shape index (κ2) is 14.9. The van der Waals surface area contributed by atoms with Gasteiger partial charge in [0.05, 0.1) is 5.69 Å². The number of hydrogen-bond donors (Lipinski definition) is 1. The van der Waals surface area contributed by atoms with Gasteiger partial charge in [-0.05, 0) is 67.0 Å². The molecule has 0 aliphatic heterocycles. The maximum Gasteiger partial charge on any atom is 0.164 e. The molecule has 1 aliphatic rings. The summed E-state index contributed by atoms with van der Waals surface area (Å²) in [7, 11) is 0. The van der Waals surface area contributed by atoms with E-state index in [4.69, 9.17) is 9.97 Å². The molecule has 0 amide bonds. The van der Waals surface area contributed by atoms with Gasteiger partial charge in [-0.3, -0.25) is 9.78 Å². The minimum Gasteiger partial charge on any atom is -0.512 e. The molecule has 0 spiro atoms. The van der Waals surface area contributed by atoms with Gasteiger partial charge in [-0.2, -0.15) is 0 Å². The Balaban J connectivity index is 0.000000269. The third-order valence-electron chi connectivity index (χ3n) is 11.7. The maximum absolute atomic E-state index is 12.2. The molecule has 265 valence electrons. The number of nitrogens with zero attached hydrogens (tertiary/aromatic N) is 2. The van der Waals surface area contributed by atoms with Crippen LogP contribution in [-0.4, -0.2) is 20.9 Å². The summed E-state index contributed by atoms with van der Waals surface area (Å²) in [5.74, 6) is 0.286. The number of carbonyl (C=O) groups excluding carboxylic acids is 1. The fourth-order valence-electron chi connectivity index (χ4n) is 7.36. The molecule has 0 fully saturated rings. The Morgan fingerprint density at radius 1 is 0.840 bits per heavy atom. The molecule has 5 heteroatoms. The Labute approximate surface area is 313 Å². The SMILES string of the molecule is CCC(C)(CC)C(=O)/C=C(\O)C(C)(CC)CC.Cc1cc(C)c2c(C)cc(-c3ncnc4c3-c3c(ccc5ccccc35)C4(C)C)[c-]c2c1.[Ir]. The number of carbonyl (C=O) groups is 1. The summed E-state index contributed by atoms with van der Waals surface area (Å²) in [6, 6.07) is 23.5. The Morgan fingerprint density at radius 2 is 1.46 bits per heavy atom. The molecule has 0 atom stereocenters. The van der Waals surface area contributed by atoms with E-state index in [1.165, 1.54) is 50.1 Å². The molecule has 0 saturated heterocycles. The van der Waals surface area contributed by atoms with Crippen molar-refractivity contribution < 1.29 is 30.0 Å². The van der Waals surface area contributed by atoms with E-state index in [9.17, 15) is 9.90 Å². The molecule has 1 aliphatic carbocycles. The minimum atomic E-state index is -0.337. The molecule has 1 heterocycles. The monoisotopic (exact) mass is 846 g/mol. The maximum atomic E-state index is 12.2. The summed E-state index contributed by atoms with van der Waals surface area (Å²) in [5, 5.41) is 15.1.